The summed E-state index contributed by atoms with van der Waals surface area (Å²) < 4.78 is 0. The number of nitro groups is 1. The highest BCUT2D eigenvalue weighted by molar-refractivity contribution is 5.95. The SMILES string of the molecule is O=C(O)c1cccc(N(CCCO)C2CCC2)c1[N+](=O)[O-]. The molecule has 0 atom stereocenters. The summed E-state index contributed by atoms with van der Waals surface area (Å²) in [7, 11) is 0. The summed E-state index contributed by atoms with van der Waals surface area (Å²) in [6.07, 6.45) is 3.41. The van der Waals surface area contributed by atoms with E-state index < -0.39 is 10.9 Å². The fourth-order valence-corrected chi connectivity index (χ4v) is 2.57. The van der Waals surface area contributed by atoms with Gasteiger partial charge in [0, 0.05) is 19.2 Å². The van der Waals surface area contributed by atoms with Gasteiger partial charge in [0.05, 0.1) is 4.92 Å². The number of aliphatic hydroxyl groups excluding tert-OH is 1. The van der Waals surface area contributed by atoms with Gasteiger partial charge in [-0.25, -0.2) is 4.79 Å². The molecule has 0 saturated heterocycles. The van der Waals surface area contributed by atoms with Crippen molar-refractivity contribution in [2.24, 2.45) is 0 Å². The second-order valence-corrected chi connectivity index (χ2v) is 5.09. The van der Waals surface area contributed by atoms with Gasteiger partial charge in [0.15, 0.2) is 0 Å². The molecule has 2 N–H and O–H groups in total. The van der Waals surface area contributed by atoms with Crippen LogP contribution in [0.1, 0.15) is 36.0 Å². The highest BCUT2D eigenvalue weighted by atomic mass is 16.6. The van der Waals surface area contributed by atoms with E-state index in [4.69, 9.17) is 10.2 Å². The number of carboxylic acids is 1. The first-order valence-corrected chi connectivity index (χ1v) is 6.94. The van der Waals surface area contributed by atoms with E-state index in [1.165, 1.54) is 12.1 Å². The monoisotopic (exact) mass is 294 g/mol. The standard InChI is InChI=1S/C14H18N2O5/c17-9-3-8-15(10-4-1-5-10)12-7-2-6-11(14(18)19)13(12)16(20)21/h2,6-7,10,17H,1,3-5,8-9H2,(H,18,19). The number of anilines is 1. The summed E-state index contributed by atoms with van der Waals surface area (Å²) in [6, 6.07) is 4.53. The van der Waals surface area contributed by atoms with Gasteiger partial charge in [-0.1, -0.05) is 6.07 Å². The molecule has 1 saturated carbocycles. The van der Waals surface area contributed by atoms with Gasteiger partial charge in [0.2, 0.25) is 0 Å². The van der Waals surface area contributed by atoms with Crippen LogP contribution in [0.3, 0.4) is 0 Å². The number of carbonyl (C=O) groups is 1. The van der Waals surface area contributed by atoms with Gasteiger partial charge in [-0.2, -0.15) is 0 Å². The zero-order valence-electron chi connectivity index (χ0n) is 11.6. The molecule has 1 aliphatic rings. The number of hydrogen-bond donors (Lipinski definition) is 2. The molecular weight excluding hydrogens is 276 g/mol. The Kier molecular flexibility index (Phi) is 4.74. The van der Waals surface area contributed by atoms with Crippen molar-refractivity contribution in [2.75, 3.05) is 18.1 Å². The van der Waals surface area contributed by atoms with Crippen molar-refractivity contribution in [1.82, 2.24) is 0 Å². The quantitative estimate of drug-likeness (QED) is 0.589. The van der Waals surface area contributed by atoms with E-state index in [2.05, 4.69) is 0 Å². The average Bonchev–Trinajstić information content (AvgIpc) is 2.40. The van der Waals surface area contributed by atoms with E-state index in [0.717, 1.165) is 19.3 Å². The molecule has 0 radical (unpaired) electrons. The van der Waals surface area contributed by atoms with Crippen molar-refractivity contribution < 1.29 is 19.9 Å². The van der Waals surface area contributed by atoms with Crippen molar-refractivity contribution in [3.05, 3.63) is 33.9 Å². The Bertz CT molecular complexity index is 542. The van der Waals surface area contributed by atoms with Crippen LogP contribution in [0.2, 0.25) is 0 Å². The van der Waals surface area contributed by atoms with Gasteiger partial charge in [0.1, 0.15) is 11.3 Å². The maximum atomic E-state index is 11.3. The normalized spacial score (nSPS) is 14.5. The number of nitro benzene ring substituents is 1. The number of benzene rings is 1. The van der Waals surface area contributed by atoms with Crippen LogP contribution in [-0.4, -0.2) is 40.3 Å². The summed E-state index contributed by atoms with van der Waals surface area (Å²) in [5.41, 5.74) is -0.335. The smallest absolute Gasteiger partial charge is 0.342 e. The fraction of sp³-hybridized carbons (Fsp3) is 0.500. The lowest BCUT2D eigenvalue weighted by atomic mass is 9.90. The summed E-state index contributed by atoms with van der Waals surface area (Å²) in [5.74, 6) is -1.31. The third kappa shape index (κ3) is 3.13. The Morgan fingerprint density at radius 3 is 2.62 bits per heavy atom. The zero-order chi connectivity index (χ0) is 15.4. The number of nitrogens with zero attached hydrogens (tertiary/aromatic N) is 2. The Hall–Kier alpha value is -2.15. The third-order valence-corrected chi connectivity index (χ3v) is 3.81. The highest BCUT2D eigenvalue weighted by Crippen LogP contribution is 2.37. The number of aliphatic hydroxyl groups is 1. The molecule has 1 aromatic rings. The number of hydrogen-bond acceptors (Lipinski definition) is 5. The largest absolute Gasteiger partial charge is 0.477 e. The molecule has 114 valence electrons. The van der Waals surface area contributed by atoms with Crippen LogP contribution in [0.15, 0.2) is 18.2 Å². The first kappa shape index (κ1) is 15.2. The predicted octanol–water partition coefficient (Wildman–Crippen LogP) is 2.03. The van der Waals surface area contributed by atoms with Crippen LogP contribution < -0.4 is 4.90 Å². The van der Waals surface area contributed by atoms with Gasteiger partial charge in [-0.3, -0.25) is 10.1 Å². The van der Waals surface area contributed by atoms with Crippen LogP contribution in [0.5, 0.6) is 0 Å². The second kappa shape index (κ2) is 6.53. The number of carboxylic acid groups (broad SMARTS) is 1. The highest BCUT2D eigenvalue weighted by Gasteiger charge is 2.32. The Balaban J connectivity index is 2.45. The first-order valence-electron chi connectivity index (χ1n) is 6.94. The molecule has 2 rings (SSSR count). The van der Waals surface area contributed by atoms with E-state index in [9.17, 15) is 14.9 Å². The average molecular weight is 294 g/mol. The molecule has 7 nitrogen and oxygen atoms in total. The van der Waals surface area contributed by atoms with Crippen LogP contribution in [0.25, 0.3) is 0 Å². The summed E-state index contributed by atoms with van der Waals surface area (Å²) in [4.78, 5) is 23.8. The fourth-order valence-electron chi connectivity index (χ4n) is 2.57. The zero-order valence-corrected chi connectivity index (χ0v) is 11.6. The van der Waals surface area contributed by atoms with Gasteiger partial charge >= 0.3 is 11.7 Å². The molecule has 0 amide bonds. The summed E-state index contributed by atoms with van der Waals surface area (Å²) in [5, 5.41) is 29.5. The van der Waals surface area contributed by atoms with Crippen molar-refractivity contribution >= 4 is 17.3 Å². The minimum Gasteiger partial charge on any atom is -0.477 e. The second-order valence-electron chi connectivity index (χ2n) is 5.09. The Labute approximate surface area is 122 Å². The molecule has 1 fully saturated rings. The summed E-state index contributed by atoms with van der Waals surface area (Å²) >= 11 is 0. The van der Waals surface area contributed by atoms with E-state index >= 15 is 0 Å². The molecule has 0 unspecified atom stereocenters. The lowest BCUT2D eigenvalue weighted by Gasteiger charge is -2.39. The molecule has 0 aliphatic heterocycles. The lowest BCUT2D eigenvalue weighted by molar-refractivity contribution is -0.384. The third-order valence-electron chi connectivity index (χ3n) is 3.81. The molecule has 7 heteroatoms. The maximum Gasteiger partial charge on any atom is 0.342 e. The molecular formula is C14H18N2O5. The molecule has 0 aromatic heterocycles. The summed E-state index contributed by atoms with van der Waals surface area (Å²) in [6.45, 7) is 0.473. The minimum atomic E-state index is -1.31. The Morgan fingerprint density at radius 1 is 1.43 bits per heavy atom. The van der Waals surface area contributed by atoms with Gasteiger partial charge in [-0.15, -0.1) is 0 Å². The van der Waals surface area contributed by atoms with Gasteiger partial charge < -0.3 is 15.1 Å². The van der Waals surface area contributed by atoms with Crippen molar-refractivity contribution in [3.8, 4) is 0 Å². The predicted molar refractivity (Wildman–Crippen MR) is 76.7 cm³/mol. The molecule has 1 aromatic carbocycles. The van der Waals surface area contributed by atoms with Crippen LogP contribution in [0.4, 0.5) is 11.4 Å². The Morgan fingerprint density at radius 2 is 2.14 bits per heavy atom. The maximum absolute atomic E-state index is 11.3. The number of aromatic carboxylic acids is 1. The lowest BCUT2D eigenvalue weighted by Crippen LogP contribution is -2.41. The molecule has 0 spiro atoms. The van der Waals surface area contributed by atoms with E-state index in [0.29, 0.717) is 18.7 Å². The number of rotatable bonds is 7. The van der Waals surface area contributed by atoms with E-state index in [1.807, 2.05) is 4.90 Å². The first-order chi connectivity index (χ1) is 10.1. The number of para-hydroxylation sites is 1. The van der Waals surface area contributed by atoms with Gasteiger partial charge in [-0.05, 0) is 37.8 Å². The van der Waals surface area contributed by atoms with Crippen LogP contribution in [-0.2, 0) is 0 Å². The molecule has 0 heterocycles. The van der Waals surface area contributed by atoms with Crippen molar-refractivity contribution in [3.63, 3.8) is 0 Å². The van der Waals surface area contributed by atoms with Crippen LogP contribution in [0, 0.1) is 10.1 Å². The molecule has 0 bridgehead atoms. The van der Waals surface area contributed by atoms with Crippen LogP contribution >= 0.6 is 0 Å². The topological polar surface area (TPSA) is 104 Å². The van der Waals surface area contributed by atoms with Gasteiger partial charge in [0.25, 0.3) is 0 Å². The minimum absolute atomic E-state index is 0.00433. The molecule has 21 heavy (non-hydrogen) atoms. The van der Waals surface area contributed by atoms with E-state index in [-0.39, 0.29) is 23.9 Å². The van der Waals surface area contributed by atoms with Crippen molar-refractivity contribution in [1.29, 1.82) is 0 Å². The van der Waals surface area contributed by atoms with Crippen molar-refractivity contribution in [2.45, 2.75) is 31.7 Å². The van der Waals surface area contributed by atoms with E-state index in [1.54, 1.807) is 6.07 Å². The molecule has 1 aliphatic carbocycles.